The standard InChI is InChI=1S/C14H14ClNS/c1-11-5-2-3-6-12(11)9-17-10-13-7-4-8-14(15)16-13/h2-8H,9-10H2,1H3. The Kier molecular flexibility index (Phi) is 4.46. The van der Waals surface area contributed by atoms with E-state index < -0.39 is 0 Å². The first-order valence-corrected chi connectivity index (χ1v) is 7.02. The third-order valence-electron chi connectivity index (χ3n) is 2.54. The van der Waals surface area contributed by atoms with Crippen LogP contribution in [0.2, 0.25) is 5.15 Å². The highest BCUT2D eigenvalue weighted by Crippen LogP contribution is 2.19. The maximum absolute atomic E-state index is 5.85. The smallest absolute Gasteiger partial charge is 0.129 e. The normalized spacial score (nSPS) is 10.5. The van der Waals surface area contributed by atoms with Crippen molar-refractivity contribution in [3.8, 4) is 0 Å². The molecule has 1 nitrogen and oxygen atoms in total. The van der Waals surface area contributed by atoms with E-state index in [0.717, 1.165) is 17.2 Å². The van der Waals surface area contributed by atoms with Crippen LogP contribution in [0.3, 0.4) is 0 Å². The average Bonchev–Trinajstić information content (AvgIpc) is 2.32. The van der Waals surface area contributed by atoms with Crippen molar-refractivity contribution in [2.45, 2.75) is 18.4 Å². The van der Waals surface area contributed by atoms with Crippen LogP contribution in [0, 0.1) is 6.92 Å². The van der Waals surface area contributed by atoms with E-state index in [9.17, 15) is 0 Å². The van der Waals surface area contributed by atoms with Gasteiger partial charge in [-0.1, -0.05) is 41.9 Å². The van der Waals surface area contributed by atoms with Gasteiger partial charge in [-0.2, -0.15) is 11.8 Å². The summed E-state index contributed by atoms with van der Waals surface area (Å²) in [6.45, 7) is 2.15. The molecular weight excluding hydrogens is 250 g/mol. The summed E-state index contributed by atoms with van der Waals surface area (Å²) in [5.41, 5.74) is 3.77. The van der Waals surface area contributed by atoms with Gasteiger partial charge in [-0.15, -0.1) is 0 Å². The molecule has 0 atom stereocenters. The van der Waals surface area contributed by atoms with E-state index in [0.29, 0.717) is 5.15 Å². The number of hydrogen-bond donors (Lipinski definition) is 0. The molecule has 1 aromatic carbocycles. The minimum absolute atomic E-state index is 0.569. The molecule has 0 aliphatic heterocycles. The molecule has 0 aliphatic rings. The van der Waals surface area contributed by atoms with Crippen molar-refractivity contribution >= 4 is 23.4 Å². The Balaban J connectivity index is 1.90. The molecule has 0 unspecified atom stereocenters. The lowest BCUT2D eigenvalue weighted by Crippen LogP contribution is -1.89. The van der Waals surface area contributed by atoms with Gasteiger partial charge in [-0.05, 0) is 30.2 Å². The van der Waals surface area contributed by atoms with Crippen molar-refractivity contribution in [1.82, 2.24) is 4.98 Å². The molecule has 17 heavy (non-hydrogen) atoms. The topological polar surface area (TPSA) is 12.9 Å². The number of aromatic nitrogens is 1. The van der Waals surface area contributed by atoms with Crippen molar-refractivity contribution in [2.75, 3.05) is 0 Å². The lowest BCUT2D eigenvalue weighted by Gasteiger charge is -2.05. The van der Waals surface area contributed by atoms with Crippen molar-refractivity contribution in [1.29, 1.82) is 0 Å². The molecular formula is C14H14ClNS. The molecule has 0 amide bonds. The minimum atomic E-state index is 0.569. The third kappa shape index (κ3) is 3.76. The number of rotatable bonds is 4. The number of pyridine rings is 1. The maximum Gasteiger partial charge on any atom is 0.129 e. The fraction of sp³-hybridized carbons (Fsp3) is 0.214. The van der Waals surface area contributed by atoms with Crippen molar-refractivity contribution in [3.63, 3.8) is 0 Å². The van der Waals surface area contributed by atoms with Crippen LogP contribution in [0.4, 0.5) is 0 Å². The van der Waals surface area contributed by atoms with Crippen LogP contribution in [-0.4, -0.2) is 4.98 Å². The Morgan fingerprint density at radius 2 is 1.88 bits per heavy atom. The van der Waals surface area contributed by atoms with E-state index in [4.69, 9.17) is 11.6 Å². The number of hydrogen-bond acceptors (Lipinski definition) is 2. The fourth-order valence-corrected chi connectivity index (χ4v) is 2.77. The molecule has 2 rings (SSSR count). The summed E-state index contributed by atoms with van der Waals surface area (Å²) in [6, 6.07) is 14.2. The summed E-state index contributed by atoms with van der Waals surface area (Å²) >= 11 is 7.71. The third-order valence-corrected chi connectivity index (χ3v) is 3.77. The van der Waals surface area contributed by atoms with Gasteiger partial charge in [0.05, 0.1) is 5.69 Å². The summed E-state index contributed by atoms with van der Waals surface area (Å²) in [7, 11) is 0. The molecule has 0 bridgehead atoms. The van der Waals surface area contributed by atoms with Crippen LogP contribution in [-0.2, 0) is 11.5 Å². The average molecular weight is 264 g/mol. The van der Waals surface area contributed by atoms with Gasteiger partial charge < -0.3 is 0 Å². The second-order valence-corrected chi connectivity index (χ2v) is 5.24. The number of halogens is 1. The first kappa shape index (κ1) is 12.5. The number of nitrogens with zero attached hydrogens (tertiary/aromatic N) is 1. The molecule has 3 heteroatoms. The van der Waals surface area contributed by atoms with E-state index in [-0.39, 0.29) is 0 Å². The van der Waals surface area contributed by atoms with Gasteiger partial charge >= 0.3 is 0 Å². The molecule has 0 N–H and O–H groups in total. The number of aryl methyl sites for hydroxylation is 1. The molecule has 0 fully saturated rings. The molecule has 0 radical (unpaired) electrons. The van der Waals surface area contributed by atoms with Gasteiger partial charge in [0.15, 0.2) is 0 Å². The van der Waals surface area contributed by atoms with Crippen LogP contribution in [0.15, 0.2) is 42.5 Å². The summed E-state index contributed by atoms with van der Waals surface area (Å²) in [5.74, 6) is 1.91. The SMILES string of the molecule is Cc1ccccc1CSCc1cccc(Cl)n1. The zero-order valence-electron chi connectivity index (χ0n) is 9.69. The monoisotopic (exact) mass is 263 g/mol. The zero-order chi connectivity index (χ0) is 12.1. The summed E-state index contributed by atoms with van der Waals surface area (Å²) < 4.78 is 0. The van der Waals surface area contributed by atoms with E-state index in [1.807, 2.05) is 23.9 Å². The summed E-state index contributed by atoms with van der Waals surface area (Å²) in [5, 5.41) is 0.569. The second kappa shape index (κ2) is 6.08. The lowest BCUT2D eigenvalue weighted by molar-refractivity contribution is 1.17. The molecule has 0 saturated heterocycles. The number of thioether (sulfide) groups is 1. The first-order valence-electron chi connectivity index (χ1n) is 5.49. The highest BCUT2D eigenvalue weighted by molar-refractivity contribution is 7.97. The Bertz CT molecular complexity index is 499. The Hall–Kier alpha value is -0.990. The van der Waals surface area contributed by atoms with E-state index >= 15 is 0 Å². The van der Waals surface area contributed by atoms with Gasteiger partial charge in [0, 0.05) is 11.5 Å². The summed E-state index contributed by atoms with van der Waals surface area (Å²) in [6.07, 6.45) is 0. The van der Waals surface area contributed by atoms with Gasteiger partial charge in [0.2, 0.25) is 0 Å². The molecule has 0 aliphatic carbocycles. The molecule has 2 aromatic rings. The fourth-order valence-electron chi connectivity index (χ4n) is 1.57. The van der Waals surface area contributed by atoms with Crippen molar-refractivity contribution in [2.24, 2.45) is 0 Å². The predicted molar refractivity (Wildman–Crippen MR) is 75.4 cm³/mol. The molecule has 1 heterocycles. The van der Waals surface area contributed by atoms with Crippen molar-refractivity contribution < 1.29 is 0 Å². The van der Waals surface area contributed by atoms with Gasteiger partial charge in [-0.3, -0.25) is 0 Å². The van der Waals surface area contributed by atoms with Gasteiger partial charge in [0.1, 0.15) is 5.15 Å². The molecule has 0 saturated carbocycles. The highest BCUT2D eigenvalue weighted by Gasteiger charge is 1.99. The van der Waals surface area contributed by atoms with Crippen LogP contribution < -0.4 is 0 Å². The lowest BCUT2D eigenvalue weighted by atomic mass is 10.1. The Morgan fingerprint density at radius 3 is 2.65 bits per heavy atom. The number of benzene rings is 1. The van der Waals surface area contributed by atoms with Crippen LogP contribution in [0.5, 0.6) is 0 Å². The van der Waals surface area contributed by atoms with Crippen LogP contribution in [0.1, 0.15) is 16.8 Å². The van der Waals surface area contributed by atoms with E-state index in [1.54, 1.807) is 6.07 Å². The summed E-state index contributed by atoms with van der Waals surface area (Å²) in [4.78, 5) is 4.27. The molecule has 0 spiro atoms. The maximum atomic E-state index is 5.85. The Labute approximate surface area is 111 Å². The largest absolute Gasteiger partial charge is 0.240 e. The van der Waals surface area contributed by atoms with Crippen molar-refractivity contribution in [3.05, 3.63) is 64.4 Å². The molecule has 1 aromatic heterocycles. The predicted octanol–water partition coefficient (Wildman–Crippen LogP) is 4.48. The van der Waals surface area contributed by atoms with Crippen LogP contribution >= 0.6 is 23.4 Å². The van der Waals surface area contributed by atoms with Gasteiger partial charge in [0.25, 0.3) is 0 Å². The first-order chi connectivity index (χ1) is 8.25. The van der Waals surface area contributed by atoms with Crippen LogP contribution in [0.25, 0.3) is 0 Å². The van der Waals surface area contributed by atoms with Gasteiger partial charge in [-0.25, -0.2) is 4.98 Å². The second-order valence-electron chi connectivity index (χ2n) is 3.87. The Morgan fingerprint density at radius 1 is 1.06 bits per heavy atom. The minimum Gasteiger partial charge on any atom is -0.240 e. The van der Waals surface area contributed by atoms with E-state index in [1.165, 1.54) is 11.1 Å². The molecule has 88 valence electrons. The highest BCUT2D eigenvalue weighted by atomic mass is 35.5. The quantitative estimate of drug-likeness (QED) is 0.755. The van der Waals surface area contributed by atoms with E-state index in [2.05, 4.69) is 36.2 Å². The zero-order valence-corrected chi connectivity index (χ0v) is 11.3.